The maximum absolute atomic E-state index is 13.5. The first-order valence-electron chi connectivity index (χ1n) is 10.1. The van der Waals surface area contributed by atoms with Gasteiger partial charge >= 0.3 is 11.9 Å². The summed E-state index contributed by atoms with van der Waals surface area (Å²) in [5.41, 5.74) is -0.799. The number of carbonyl (C=O) groups is 3. The summed E-state index contributed by atoms with van der Waals surface area (Å²) >= 11 is 12.1. The number of rotatable bonds is 8. The summed E-state index contributed by atoms with van der Waals surface area (Å²) in [5, 5.41) is 10.2. The molecule has 166 valence electrons. The van der Waals surface area contributed by atoms with Gasteiger partial charge in [-0.05, 0) is 51.3 Å². The number of halogens is 2. The minimum absolute atomic E-state index is 0.0213. The van der Waals surface area contributed by atoms with Crippen LogP contribution in [0.2, 0.25) is 10.0 Å². The Morgan fingerprint density at radius 3 is 2.30 bits per heavy atom. The molecule has 1 amide bonds. The molecule has 1 N–H and O–H groups in total. The SMILES string of the molecule is CC(C)(C)OC(=O)CCN(Cc1ccc(Cl)c(Cl)c1)C(=O)C1(CC(=O)O)CCCC1. The van der Waals surface area contributed by atoms with E-state index in [-0.39, 0.29) is 31.8 Å². The normalized spacial score (nSPS) is 15.6. The maximum atomic E-state index is 13.5. The smallest absolute Gasteiger partial charge is 0.308 e. The molecule has 6 nitrogen and oxygen atoms in total. The summed E-state index contributed by atoms with van der Waals surface area (Å²) in [6, 6.07) is 5.09. The van der Waals surface area contributed by atoms with Crippen molar-refractivity contribution in [1.29, 1.82) is 0 Å². The van der Waals surface area contributed by atoms with Crippen molar-refractivity contribution in [1.82, 2.24) is 4.90 Å². The highest BCUT2D eigenvalue weighted by molar-refractivity contribution is 6.42. The average Bonchev–Trinajstić information content (AvgIpc) is 3.08. The van der Waals surface area contributed by atoms with E-state index in [4.69, 9.17) is 27.9 Å². The van der Waals surface area contributed by atoms with Crippen LogP contribution in [0.5, 0.6) is 0 Å². The zero-order valence-electron chi connectivity index (χ0n) is 17.7. The van der Waals surface area contributed by atoms with Gasteiger partial charge in [-0.1, -0.05) is 42.1 Å². The second-order valence-corrected chi connectivity index (χ2v) is 9.68. The number of carboxylic acid groups (broad SMARTS) is 1. The van der Waals surface area contributed by atoms with Crippen LogP contribution in [0, 0.1) is 5.41 Å². The quantitative estimate of drug-likeness (QED) is 0.549. The van der Waals surface area contributed by atoms with Crippen molar-refractivity contribution < 1.29 is 24.2 Å². The van der Waals surface area contributed by atoms with Crippen molar-refractivity contribution in [2.24, 2.45) is 5.41 Å². The number of hydrogen-bond donors (Lipinski definition) is 1. The number of amides is 1. The molecule has 8 heteroatoms. The average molecular weight is 458 g/mol. The van der Waals surface area contributed by atoms with Crippen LogP contribution in [0.4, 0.5) is 0 Å². The Bertz CT molecular complexity index is 797. The Labute approximate surface area is 187 Å². The van der Waals surface area contributed by atoms with Gasteiger partial charge in [-0.3, -0.25) is 14.4 Å². The zero-order chi connectivity index (χ0) is 22.5. The molecule has 2 rings (SSSR count). The number of aliphatic carboxylic acids is 1. The highest BCUT2D eigenvalue weighted by atomic mass is 35.5. The molecule has 0 spiro atoms. The van der Waals surface area contributed by atoms with Crippen LogP contribution < -0.4 is 0 Å². The lowest BCUT2D eigenvalue weighted by atomic mass is 9.81. The van der Waals surface area contributed by atoms with E-state index in [1.54, 1.807) is 43.9 Å². The van der Waals surface area contributed by atoms with Crippen LogP contribution in [0.25, 0.3) is 0 Å². The third-order valence-electron chi connectivity index (χ3n) is 5.15. The zero-order valence-corrected chi connectivity index (χ0v) is 19.2. The Hall–Kier alpha value is -1.79. The highest BCUT2D eigenvalue weighted by Gasteiger charge is 2.45. The first-order chi connectivity index (χ1) is 13.9. The summed E-state index contributed by atoms with van der Waals surface area (Å²) in [7, 11) is 0. The van der Waals surface area contributed by atoms with Gasteiger partial charge in [0.25, 0.3) is 0 Å². The van der Waals surface area contributed by atoms with E-state index in [0.717, 1.165) is 18.4 Å². The van der Waals surface area contributed by atoms with Crippen molar-refractivity contribution in [2.75, 3.05) is 6.54 Å². The molecule has 1 aliphatic carbocycles. The van der Waals surface area contributed by atoms with Gasteiger partial charge in [-0.2, -0.15) is 0 Å². The summed E-state index contributed by atoms with van der Waals surface area (Å²) in [4.78, 5) is 38.8. The van der Waals surface area contributed by atoms with Crippen molar-refractivity contribution >= 4 is 41.0 Å². The first-order valence-corrected chi connectivity index (χ1v) is 10.8. The minimum atomic E-state index is -0.994. The molecule has 0 bridgehead atoms. The van der Waals surface area contributed by atoms with Gasteiger partial charge in [0.05, 0.1) is 28.3 Å². The van der Waals surface area contributed by atoms with E-state index in [0.29, 0.717) is 22.9 Å². The topological polar surface area (TPSA) is 83.9 Å². The van der Waals surface area contributed by atoms with E-state index in [1.165, 1.54) is 0 Å². The van der Waals surface area contributed by atoms with Gasteiger partial charge in [0.2, 0.25) is 5.91 Å². The molecule has 0 radical (unpaired) electrons. The molecule has 0 aliphatic heterocycles. The number of benzene rings is 1. The number of hydrogen-bond acceptors (Lipinski definition) is 4. The maximum Gasteiger partial charge on any atom is 0.308 e. The molecule has 0 atom stereocenters. The molecule has 30 heavy (non-hydrogen) atoms. The van der Waals surface area contributed by atoms with Crippen LogP contribution in [0.1, 0.15) is 64.9 Å². The fourth-order valence-corrected chi connectivity index (χ4v) is 4.19. The van der Waals surface area contributed by atoms with Gasteiger partial charge in [0.1, 0.15) is 5.60 Å². The fraction of sp³-hybridized carbons (Fsp3) is 0.591. The molecule has 0 saturated heterocycles. The van der Waals surface area contributed by atoms with Crippen LogP contribution in [0.3, 0.4) is 0 Å². The van der Waals surface area contributed by atoms with Gasteiger partial charge in [0, 0.05) is 13.1 Å². The van der Waals surface area contributed by atoms with Gasteiger partial charge < -0.3 is 14.7 Å². The van der Waals surface area contributed by atoms with E-state index in [9.17, 15) is 19.5 Å². The standard InChI is InChI=1S/C22H29Cl2NO5/c1-21(2,3)30-19(28)8-11-25(14-15-6-7-16(23)17(24)12-15)20(29)22(13-18(26)27)9-4-5-10-22/h6-7,12H,4-5,8-11,13-14H2,1-3H3,(H,26,27). The molecule has 0 heterocycles. The van der Waals surface area contributed by atoms with Gasteiger partial charge in [0.15, 0.2) is 0 Å². The predicted octanol–water partition coefficient (Wildman–Crippen LogP) is 5.09. The molecule has 1 saturated carbocycles. The lowest BCUT2D eigenvalue weighted by molar-refractivity contribution is -0.157. The molecule has 1 aliphatic rings. The summed E-state index contributed by atoms with van der Waals surface area (Å²) < 4.78 is 5.36. The summed E-state index contributed by atoms with van der Waals surface area (Å²) in [6.45, 7) is 5.69. The van der Waals surface area contributed by atoms with E-state index < -0.39 is 23.0 Å². The summed E-state index contributed by atoms with van der Waals surface area (Å²) in [6.07, 6.45) is 2.49. The van der Waals surface area contributed by atoms with Crippen molar-refractivity contribution in [3.8, 4) is 0 Å². The van der Waals surface area contributed by atoms with Crippen LogP contribution in [0.15, 0.2) is 18.2 Å². The Morgan fingerprint density at radius 1 is 1.13 bits per heavy atom. The van der Waals surface area contributed by atoms with E-state index >= 15 is 0 Å². The second kappa shape index (κ2) is 10.0. The number of carbonyl (C=O) groups excluding carboxylic acids is 2. The van der Waals surface area contributed by atoms with Crippen molar-refractivity contribution in [3.05, 3.63) is 33.8 Å². The molecule has 1 fully saturated rings. The first kappa shape index (κ1) is 24.5. The number of ether oxygens (including phenoxy) is 1. The monoisotopic (exact) mass is 457 g/mol. The fourth-order valence-electron chi connectivity index (χ4n) is 3.87. The number of nitrogens with zero attached hydrogens (tertiary/aromatic N) is 1. The van der Waals surface area contributed by atoms with E-state index in [1.807, 2.05) is 0 Å². The van der Waals surface area contributed by atoms with E-state index in [2.05, 4.69) is 0 Å². The van der Waals surface area contributed by atoms with Gasteiger partial charge in [-0.15, -0.1) is 0 Å². The Morgan fingerprint density at radius 2 is 1.77 bits per heavy atom. The molecule has 0 unspecified atom stereocenters. The van der Waals surface area contributed by atoms with Crippen molar-refractivity contribution in [2.45, 2.75) is 71.4 Å². The molecule has 1 aromatic carbocycles. The number of carboxylic acids is 1. The predicted molar refractivity (Wildman–Crippen MR) is 115 cm³/mol. The highest BCUT2D eigenvalue weighted by Crippen LogP contribution is 2.43. The lowest BCUT2D eigenvalue weighted by Crippen LogP contribution is -2.44. The largest absolute Gasteiger partial charge is 0.481 e. The minimum Gasteiger partial charge on any atom is -0.481 e. The Kier molecular flexibility index (Phi) is 8.17. The van der Waals surface area contributed by atoms with Crippen molar-refractivity contribution in [3.63, 3.8) is 0 Å². The van der Waals surface area contributed by atoms with Crippen LogP contribution >= 0.6 is 23.2 Å². The molecular weight excluding hydrogens is 429 g/mol. The second-order valence-electron chi connectivity index (χ2n) is 8.87. The Balaban J connectivity index is 2.24. The van der Waals surface area contributed by atoms with Crippen LogP contribution in [-0.4, -0.2) is 40.0 Å². The summed E-state index contributed by atoms with van der Waals surface area (Å²) in [5.74, 6) is -1.64. The lowest BCUT2D eigenvalue weighted by Gasteiger charge is -2.34. The third-order valence-corrected chi connectivity index (χ3v) is 5.89. The molecule has 0 aromatic heterocycles. The van der Waals surface area contributed by atoms with Gasteiger partial charge in [-0.25, -0.2) is 0 Å². The number of esters is 1. The third kappa shape index (κ3) is 6.88. The molecular formula is C22H29Cl2NO5. The van der Waals surface area contributed by atoms with Crippen LogP contribution in [-0.2, 0) is 25.7 Å². The molecule has 1 aromatic rings.